The molecule has 2 aromatic carbocycles. The molecule has 8 nitrogen and oxygen atoms in total. The van der Waals surface area contributed by atoms with Crippen molar-refractivity contribution in [1.29, 1.82) is 0 Å². The van der Waals surface area contributed by atoms with Gasteiger partial charge in [0.2, 0.25) is 5.88 Å². The molecule has 5 aromatic rings. The first-order chi connectivity index (χ1) is 15.2. The molecule has 0 aliphatic rings. The van der Waals surface area contributed by atoms with Gasteiger partial charge in [0, 0.05) is 17.7 Å². The first kappa shape index (κ1) is 19.0. The maximum atomic E-state index is 12.2. The number of carbonyl (C=O) groups excluding carboxylic acids is 1. The molecule has 31 heavy (non-hydrogen) atoms. The minimum Gasteiger partial charge on any atom is -0.481 e. The minimum atomic E-state index is -0.388. The first-order valence-electron chi connectivity index (χ1n) is 9.49. The van der Waals surface area contributed by atoms with Gasteiger partial charge in [-0.2, -0.15) is 0 Å². The van der Waals surface area contributed by atoms with E-state index in [9.17, 15) is 4.79 Å². The third-order valence-corrected chi connectivity index (χ3v) is 5.56. The summed E-state index contributed by atoms with van der Waals surface area (Å²) in [5.74, 6) is 1.15. The standard InChI is InChI=1S/C22H17N5O3S/c1-29-19-9-8-17-20(25-19)31-22(24-17)26-21(28)23-12-16-11-18(30-27-16)15-7-6-13-4-2-3-5-14(13)10-15/h2-11H,12H2,1H3,(H2,23,24,26,28). The highest BCUT2D eigenvalue weighted by molar-refractivity contribution is 7.21. The molecule has 0 saturated heterocycles. The first-order valence-corrected chi connectivity index (χ1v) is 10.3. The average Bonchev–Trinajstić information content (AvgIpc) is 3.43. The van der Waals surface area contributed by atoms with E-state index in [4.69, 9.17) is 9.26 Å². The van der Waals surface area contributed by atoms with Gasteiger partial charge in [-0.05, 0) is 22.9 Å². The fourth-order valence-corrected chi connectivity index (χ4v) is 3.98. The van der Waals surface area contributed by atoms with Crippen molar-refractivity contribution in [1.82, 2.24) is 20.4 Å². The van der Waals surface area contributed by atoms with Crippen LogP contribution in [0.1, 0.15) is 5.69 Å². The summed E-state index contributed by atoms with van der Waals surface area (Å²) in [6, 6.07) is 19.2. The predicted molar refractivity (Wildman–Crippen MR) is 119 cm³/mol. The number of aromatic nitrogens is 3. The lowest BCUT2D eigenvalue weighted by Gasteiger charge is -2.02. The van der Waals surface area contributed by atoms with Crippen molar-refractivity contribution >= 4 is 43.6 Å². The Kier molecular flexibility index (Phi) is 4.93. The Morgan fingerprint density at radius 1 is 1.06 bits per heavy atom. The largest absolute Gasteiger partial charge is 0.481 e. The molecule has 0 atom stereocenters. The molecular formula is C22H17N5O3S. The minimum absolute atomic E-state index is 0.222. The monoisotopic (exact) mass is 431 g/mol. The maximum absolute atomic E-state index is 12.2. The quantitative estimate of drug-likeness (QED) is 0.413. The summed E-state index contributed by atoms with van der Waals surface area (Å²) in [7, 11) is 1.55. The zero-order valence-corrected chi connectivity index (χ0v) is 17.3. The number of ether oxygens (including phenoxy) is 1. The van der Waals surface area contributed by atoms with E-state index in [2.05, 4.69) is 44.0 Å². The molecule has 2 N–H and O–H groups in total. The molecular weight excluding hydrogens is 414 g/mol. The third kappa shape index (κ3) is 4.03. The van der Waals surface area contributed by atoms with E-state index in [1.165, 1.54) is 11.3 Å². The highest BCUT2D eigenvalue weighted by Crippen LogP contribution is 2.27. The van der Waals surface area contributed by atoms with Crippen LogP contribution in [-0.4, -0.2) is 28.3 Å². The van der Waals surface area contributed by atoms with Crippen molar-refractivity contribution in [2.75, 3.05) is 12.4 Å². The van der Waals surface area contributed by atoms with E-state index in [1.54, 1.807) is 19.2 Å². The predicted octanol–water partition coefficient (Wildman–Crippen LogP) is 4.83. The molecule has 0 unspecified atom stereocenters. The van der Waals surface area contributed by atoms with Crippen LogP contribution in [-0.2, 0) is 6.54 Å². The molecule has 0 fully saturated rings. The Morgan fingerprint density at radius 3 is 2.81 bits per heavy atom. The van der Waals surface area contributed by atoms with Crippen LogP contribution in [0, 0.1) is 0 Å². The zero-order chi connectivity index (χ0) is 21.2. The summed E-state index contributed by atoms with van der Waals surface area (Å²) >= 11 is 1.27. The molecule has 5 rings (SSSR count). The van der Waals surface area contributed by atoms with Crippen molar-refractivity contribution in [3.63, 3.8) is 0 Å². The second kappa shape index (κ2) is 8.04. The van der Waals surface area contributed by atoms with Crippen LogP contribution in [0.3, 0.4) is 0 Å². The number of thiazole rings is 1. The summed E-state index contributed by atoms with van der Waals surface area (Å²) in [4.78, 5) is 21.6. The van der Waals surface area contributed by atoms with Gasteiger partial charge in [-0.1, -0.05) is 52.9 Å². The fourth-order valence-electron chi connectivity index (χ4n) is 3.15. The van der Waals surface area contributed by atoms with Gasteiger partial charge >= 0.3 is 6.03 Å². The number of methoxy groups -OCH3 is 1. The van der Waals surface area contributed by atoms with Gasteiger partial charge in [0.1, 0.15) is 16.0 Å². The number of benzene rings is 2. The Hall–Kier alpha value is -3.98. The molecule has 0 bridgehead atoms. The van der Waals surface area contributed by atoms with Crippen molar-refractivity contribution in [3.8, 4) is 17.2 Å². The van der Waals surface area contributed by atoms with Gasteiger partial charge < -0.3 is 14.6 Å². The summed E-state index contributed by atoms with van der Waals surface area (Å²) in [5, 5.41) is 12.3. The molecule has 154 valence electrons. The smallest absolute Gasteiger partial charge is 0.321 e. The van der Waals surface area contributed by atoms with Crippen LogP contribution in [0.5, 0.6) is 5.88 Å². The molecule has 2 amide bonds. The van der Waals surface area contributed by atoms with Crippen molar-refractivity contribution in [3.05, 3.63) is 66.4 Å². The summed E-state index contributed by atoms with van der Waals surface area (Å²) in [6.45, 7) is 0.222. The number of anilines is 1. The Balaban J connectivity index is 1.23. The van der Waals surface area contributed by atoms with Crippen LogP contribution in [0.25, 0.3) is 32.4 Å². The molecule has 0 spiro atoms. The number of hydrogen-bond acceptors (Lipinski definition) is 7. The second-order valence-corrected chi connectivity index (χ2v) is 7.73. The third-order valence-electron chi connectivity index (χ3n) is 4.68. The van der Waals surface area contributed by atoms with Crippen LogP contribution < -0.4 is 15.4 Å². The number of nitrogens with zero attached hydrogens (tertiary/aromatic N) is 3. The SMILES string of the molecule is COc1ccc2nc(NC(=O)NCc3cc(-c4ccc5ccccc5c4)on3)sc2n1. The van der Waals surface area contributed by atoms with E-state index >= 15 is 0 Å². The van der Waals surface area contributed by atoms with Gasteiger partial charge in [0.25, 0.3) is 0 Å². The number of amides is 2. The van der Waals surface area contributed by atoms with Gasteiger partial charge in [-0.3, -0.25) is 5.32 Å². The van der Waals surface area contributed by atoms with E-state index in [0.717, 1.165) is 16.3 Å². The lowest BCUT2D eigenvalue weighted by atomic mass is 10.1. The van der Waals surface area contributed by atoms with Crippen LogP contribution in [0.2, 0.25) is 0 Å². The van der Waals surface area contributed by atoms with Gasteiger partial charge in [-0.25, -0.2) is 14.8 Å². The van der Waals surface area contributed by atoms with E-state index in [0.29, 0.717) is 32.8 Å². The number of nitrogens with one attached hydrogen (secondary N) is 2. The van der Waals surface area contributed by atoms with Gasteiger partial charge in [0.15, 0.2) is 10.9 Å². The van der Waals surface area contributed by atoms with Crippen molar-refractivity contribution in [2.24, 2.45) is 0 Å². The van der Waals surface area contributed by atoms with Crippen molar-refractivity contribution < 1.29 is 14.1 Å². The lowest BCUT2D eigenvalue weighted by Crippen LogP contribution is -2.28. The average molecular weight is 431 g/mol. The van der Waals surface area contributed by atoms with E-state index in [-0.39, 0.29) is 12.6 Å². The van der Waals surface area contributed by atoms with Crippen LogP contribution in [0.15, 0.2) is 65.2 Å². The van der Waals surface area contributed by atoms with Crippen molar-refractivity contribution in [2.45, 2.75) is 6.54 Å². The second-order valence-electron chi connectivity index (χ2n) is 6.75. The normalized spacial score (nSPS) is 11.0. The van der Waals surface area contributed by atoms with Gasteiger partial charge in [-0.15, -0.1) is 0 Å². The zero-order valence-electron chi connectivity index (χ0n) is 16.5. The van der Waals surface area contributed by atoms with Crippen LogP contribution in [0.4, 0.5) is 9.93 Å². The molecule has 0 aliphatic carbocycles. The number of rotatable bonds is 5. The molecule has 0 radical (unpaired) electrons. The summed E-state index contributed by atoms with van der Waals surface area (Å²) < 4.78 is 10.6. The molecule has 0 saturated carbocycles. The summed E-state index contributed by atoms with van der Waals surface area (Å²) in [5.41, 5.74) is 2.24. The number of urea groups is 1. The Labute approximate surface area is 180 Å². The molecule has 9 heteroatoms. The van der Waals surface area contributed by atoms with E-state index < -0.39 is 0 Å². The number of pyridine rings is 1. The Bertz CT molecular complexity index is 1390. The van der Waals surface area contributed by atoms with E-state index in [1.807, 2.05) is 30.3 Å². The summed E-state index contributed by atoms with van der Waals surface area (Å²) in [6.07, 6.45) is 0. The number of fused-ring (bicyclic) bond motifs is 2. The molecule has 3 heterocycles. The van der Waals surface area contributed by atoms with Crippen LogP contribution >= 0.6 is 11.3 Å². The highest BCUT2D eigenvalue weighted by Gasteiger charge is 2.12. The van der Waals surface area contributed by atoms with Gasteiger partial charge in [0.05, 0.1) is 13.7 Å². The highest BCUT2D eigenvalue weighted by atomic mass is 32.1. The maximum Gasteiger partial charge on any atom is 0.321 e. The number of carbonyl (C=O) groups is 1. The molecule has 0 aliphatic heterocycles. The lowest BCUT2D eigenvalue weighted by molar-refractivity contribution is 0.251. The molecule has 3 aromatic heterocycles. The fraction of sp³-hybridized carbons (Fsp3) is 0.0909. The number of hydrogen-bond donors (Lipinski definition) is 2. The Morgan fingerprint density at radius 2 is 1.94 bits per heavy atom. The topological polar surface area (TPSA) is 102 Å².